The van der Waals surface area contributed by atoms with Crippen LogP contribution in [0.1, 0.15) is 41.5 Å². The third kappa shape index (κ3) is 5.83. The van der Waals surface area contributed by atoms with Gasteiger partial charge in [-0.1, -0.05) is 42.8 Å². The summed E-state index contributed by atoms with van der Waals surface area (Å²) >= 11 is 0. The lowest BCUT2D eigenvalue weighted by molar-refractivity contribution is -0.120. The summed E-state index contributed by atoms with van der Waals surface area (Å²) in [5, 5.41) is 3.04. The minimum Gasteiger partial charge on any atom is -0.496 e. The molecule has 0 aliphatic carbocycles. The molecule has 3 rings (SSSR count). The molecular formula is C23H30N2O2. The molecule has 1 aliphatic rings. The van der Waals surface area contributed by atoms with Crippen molar-refractivity contribution in [3.05, 3.63) is 64.7 Å². The molecule has 1 aliphatic heterocycles. The molecule has 2 aromatic rings. The second-order valence-corrected chi connectivity index (χ2v) is 7.41. The summed E-state index contributed by atoms with van der Waals surface area (Å²) in [4.78, 5) is 14.8. The Balaban J connectivity index is 1.51. The van der Waals surface area contributed by atoms with Gasteiger partial charge >= 0.3 is 0 Å². The van der Waals surface area contributed by atoms with Crippen LogP contribution < -0.4 is 10.1 Å². The number of hydrogen-bond acceptors (Lipinski definition) is 3. The standard InChI is InChI=1S/C23H30N2O2/c1-18-13-19(9-10-22(18)27-2)15-23(26)24-16-20-7-6-8-21(14-20)17-25-11-4-3-5-12-25/h6-10,13-14H,3-5,11-12,15-17H2,1-2H3,(H,24,26). The van der Waals surface area contributed by atoms with Gasteiger partial charge in [-0.2, -0.15) is 0 Å². The Morgan fingerprint density at radius 3 is 2.56 bits per heavy atom. The fraction of sp³-hybridized carbons (Fsp3) is 0.435. The van der Waals surface area contributed by atoms with Crippen LogP contribution in [0.25, 0.3) is 0 Å². The number of rotatable bonds is 7. The maximum Gasteiger partial charge on any atom is 0.224 e. The van der Waals surface area contributed by atoms with Gasteiger partial charge in [0, 0.05) is 13.1 Å². The molecule has 1 heterocycles. The number of likely N-dealkylation sites (tertiary alicyclic amines) is 1. The molecule has 1 fully saturated rings. The lowest BCUT2D eigenvalue weighted by Gasteiger charge is -2.26. The number of nitrogens with zero attached hydrogens (tertiary/aromatic N) is 1. The zero-order valence-corrected chi connectivity index (χ0v) is 16.5. The maximum atomic E-state index is 12.3. The smallest absolute Gasteiger partial charge is 0.224 e. The first kappa shape index (κ1) is 19.4. The first-order chi connectivity index (χ1) is 13.1. The summed E-state index contributed by atoms with van der Waals surface area (Å²) in [5.74, 6) is 0.894. The summed E-state index contributed by atoms with van der Waals surface area (Å²) in [6.07, 6.45) is 4.36. The van der Waals surface area contributed by atoms with E-state index in [4.69, 9.17) is 4.74 Å². The van der Waals surface area contributed by atoms with Crippen LogP contribution >= 0.6 is 0 Å². The molecule has 27 heavy (non-hydrogen) atoms. The van der Waals surface area contributed by atoms with Crippen LogP contribution in [0.3, 0.4) is 0 Å². The number of piperidine rings is 1. The molecule has 0 bridgehead atoms. The lowest BCUT2D eigenvalue weighted by atomic mass is 10.1. The van der Waals surface area contributed by atoms with Gasteiger partial charge in [-0.05, 0) is 61.2 Å². The Hall–Kier alpha value is -2.33. The average Bonchev–Trinajstić information content (AvgIpc) is 2.68. The summed E-state index contributed by atoms with van der Waals surface area (Å²) < 4.78 is 5.27. The third-order valence-corrected chi connectivity index (χ3v) is 5.16. The minimum absolute atomic E-state index is 0.0426. The van der Waals surface area contributed by atoms with Gasteiger partial charge in [0.15, 0.2) is 0 Å². The highest BCUT2D eigenvalue weighted by atomic mass is 16.5. The van der Waals surface area contributed by atoms with Gasteiger partial charge in [0.2, 0.25) is 5.91 Å². The van der Waals surface area contributed by atoms with Crippen LogP contribution in [0.4, 0.5) is 0 Å². The lowest BCUT2D eigenvalue weighted by Crippen LogP contribution is -2.29. The molecule has 1 saturated heterocycles. The zero-order valence-electron chi connectivity index (χ0n) is 16.5. The molecular weight excluding hydrogens is 336 g/mol. The normalized spacial score (nSPS) is 14.7. The van der Waals surface area contributed by atoms with E-state index in [2.05, 4.69) is 34.5 Å². The Bertz CT molecular complexity index is 767. The number of amides is 1. The Labute approximate surface area is 162 Å². The number of nitrogens with one attached hydrogen (secondary N) is 1. The molecule has 4 nitrogen and oxygen atoms in total. The third-order valence-electron chi connectivity index (χ3n) is 5.16. The Morgan fingerprint density at radius 2 is 1.81 bits per heavy atom. The number of ether oxygens (including phenoxy) is 1. The van der Waals surface area contributed by atoms with Gasteiger partial charge < -0.3 is 10.1 Å². The highest BCUT2D eigenvalue weighted by Crippen LogP contribution is 2.19. The van der Waals surface area contributed by atoms with Crippen molar-refractivity contribution < 1.29 is 9.53 Å². The molecule has 0 saturated carbocycles. The maximum absolute atomic E-state index is 12.3. The van der Waals surface area contributed by atoms with E-state index in [-0.39, 0.29) is 5.91 Å². The molecule has 1 amide bonds. The van der Waals surface area contributed by atoms with Gasteiger partial charge in [-0.15, -0.1) is 0 Å². The van der Waals surface area contributed by atoms with Crippen molar-refractivity contribution >= 4 is 5.91 Å². The number of aryl methyl sites for hydroxylation is 1. The van der Waals surface area contributed by atoms with Gasteiger partial charge in [0.1, 0.15) is 5.75 Å². The second-order valence-electron chi connectivity index (χ2n) is 7.41. The van der Waals surface area contributed by atoms with E-state index in [1.165, 1.54) is 37.9 Å². The summed E-state index contributed by atoms with van der Waals surface area (Å²) in [6.45, 7) is 5.97. The van der Waals surface area contributed by atoms with Crippen molar-refractivity contribution in [1.82, 2.24) is 10.2 Å². The van der Waals surface area contributed by atoms with E-state index in [0.717, 1.165) is 29.0 Å². The molecule has 0 radical (unpaired) electrons. The van der Waals surface area contributed by atoms with E-state index in [0.29, 0.717) is 13.0 Å². The first-order valence-electron chi connectivity index (χ1n) is 9.84. The summed E-state index contributed by atoms with van der Waals surface area (Å²) in [6, 6.07) is 14.4. The molecule has 0 aromatic heterocycles. The van der Waals surface area contributed by atoms with Gasteiger partial charge in [0.25, 0.3) is 0 Å². The fourth-order valence-electron chi connectivity index (χ4n) is 3.71. The summed E-state index contributed by atoms with van der Waals surface area (Å²) in [5.41, 5.74) is 4.54. The van der Waals surface area contributed by atoms with Gasteiger partial charge in [0.05, 0.1) is 13.5 Å². The van der Waals surface area contributed by atoms with Crippen molar-refractivity contribution in [2.24, 2.45) is 0 Å². The van der Waals surface area contributed by atoms with E-state index < -0.39 is 0 Å². The van der Waals surface area contributed by atoms with Crippen LogP contribution in [0.5, 0.6) is 5.75 Å². The van der Waals surface area contributed by atoms with Gasteiger partial charge in [-0.3, -0.25) is 9.69 Å². The fourth-order valence-corrected chi connectivity index (χ4v) is 3.71. The van der Waals surface area contributed by atoms with Crippen LogP contribution in [0.15, 0.2) is 42.5 Å². The molecule has 144 valence electrons. The van der Waals surface area contributed by atoms with Crippen molar-refractivity contribution in [1.29, 1.82) is 0 Å². The number of carbonyl (C=O) groups is 1. The van der Waals surface area contributed by atoms with Crippen molar-refractivity contribution in [3.63, 3.8) is 0 Å². The highest BCUT2D eigenvalue weighted by Gasteiger charge is 2.11. The van der Waals surface area contributed by atoms with E-state index in [1.807, 2.05) is 25.1 Å². The number of methoxy groups -OCH3 is 1. The monoisotopic (exact) mass is 366 g/mol. The Morgan fingerprint density at radius 1 is 1.04 bits per heavy atom. The van der Waals surface area contributed by atoms with Crippen LogP contribution in [-0.2, 0) is 24.3 Å². The predicted molar refractivity (Wildman–Crippen MR) is 109 cm³/mol. The molecule has 2 aromatic carbocycles. The van der Waals surface area contributed by atoms with Gasteiger partial charge in [-0.25, -0.2) is 0 Å². The highest BCUT2D eigenvalue weighted by molar-refractivity contribution is 5.78. The van der Waals surface area contributed by atoms with Crippen molar-refractivity contribution in [2.75, 3.05) is 20.2 Å². The number of benzene rings is 2. The zero-order chi connectivity index (χ0) is 19.1. The number of carbonyl (C=O) groups excluding carboxylic acids is 1. The predicted octanol–water partition coefficient (Wildman–Crippen LogP) is 3.85. The molecule has 4 heteroatoms. The van der Waals surface area contributed by atoms with Crippen LogP contribution in [0.2, 0.25) is 0 Å². The van der Waals surface area contributed by atoms with Crippen molar-refractivity contribution in [3.8, 4) is 5.75 Å². The van der Waals surface area contributed by atoms with Crippen LogP contribution in [-0.4, -0.2) is 31.0 Å². The molecule has 1 N–H and O–H groups in total. The molecule has 0 spiro atoms. The largest absolute Gasteiger partial charge is 0.496 e. The quantitative estimate of drug-likeness (QED) is 0.809. The van der Waals surface area contributed by atoms with Crippen molar-refractivity contribution in [2.45, 2.75) is 45.7 Å². The van der Waals surface area contributed by atoms with E-state index >= 15 is 0 Å². The average molecular weight is 367 g/mol. The second kappa shape index (κ2) is 9.56. The Kier molecular flexibility index (Phi) is 6.88. The molecule has 0 atom stereocenters. The topological polar surface area (TPSA) is 41.6 Å². The number of hydrogen-bond donors (Lipinski definition) is 1. The SMILES string of the molecule is COc1ccc(CC(=O)NCc2cccc(CN3CCCCC3)c2)cc1C. The minimum atomic E-state index is 0.0426. The van der Waals surface area contributed by atoms with E-state index in [9.17, 15) is 4.79 Å². The molecule has 0 unspecified atom stereocenters. The van der Waals surface area contributed by atoms with Crippen LogP contribution in [0, 0.1) is 6.92 Å². The summed E-state index contributed by atoms with van der Waals surface area (Å²) in [7, 11) is 1.66. The first-order valence-corrected chi connectivity index (χ1v) is 9.84. The van der Waals surface area contributed by atoms with E-state index in [1.54, 1.807) is 7.11 Å².